The fourth-order valence-electron chi connectivity index (χ4n) is 9.37. The molecule has 0 aromatic carbocycles. The Balaban J connectivity index is 1.04. The van der Waals surface area contributed by atoms with Crippen molar-refractivity contribution in [2.45, 2.75) is 69.8 Å². The number of carbonyl (C=O) groups excluding carboxylic acids is 1. The van der Waals surface area contributed by atoms with E-state index in [1.54, 1.807) is 0 Å². The number of carbonyl (C=O) groups is 1. The monoisotopic (exact) mass is 539 g/mol. The molecule has 4 saturated heterocycles. The van der Waals surface area contributed by atoms with E-state index in [9.17, 15) is 18.0 Å². The van der Waals surface area contributed by atoms with Gasteiger partial charge in [0.25, 0.3) is 0 Å². The highest BCUT2D eigenvalue weighted by Crippen LogP contribution is 2.53. The zero-order chi connectivity index (χ0) is 26.2. The molecule has 38 heavy (non-hydrogen) atoms. The predicted molar refractivity (Wildman–Crippen MR) is 135 cm³/mol. The molecule has 4 heterocycles. The molecule has 0 aromatic heterocycles. The summed E-state index contributed by atoms with van der Waals surface area (Å²) < 4.78 is 48.8. The predicted octanol–water partition coefficient (Wildman–Crippen LogP) is 2.89. The van der Waals surface area contributed by atoms with Crippen molar-refractivity contribution < 1.29 is 22.7 Å². The molecule has 0 spiro atoms. The van der Waals surface area contributed by atoms with Crippen molar-refractivity contribution in [3.63, 3.8) is 0 Å². The molecule has 3 saturated carbocycles. The van der Waals surface area contributed by atoms with Crippen LogP contribution < -0.4 is 10.9 Å². The third-order valence-corrected chi connectivity index (χ3v) is 11.7. The molecule has 10 heteroatoms. The van der Waals surface area contributed by atoms with Crippen molar-refractivity contribution in [2.24, 2.45) is 46.8 Å². The molecule has 2 N–H and O–H groups in total. The number of halogens is 3. The molecule has 0 bridgehead atoms. The molecule has 0 radical (unpaired) electrons. The Morgan fingerprint density at radius 2 is 1.84 bits per heavy atom. The van der Waals surface area contributed by atoms with Gasteiger partial charge in [0.15, 0.2) is 0 Å². The number of hydrogen-bond acceptors (Lipinski definition) is 6. The maximum atomic E-state index is 14.4. The number of ether oxygens (including phenoxy) is 1. The molecule has 7 aliphatic rings. The van der Waals surface area contributed by atoms with Crippen LogP contribution in [0.15, 0.2) is 0 Å². The lowest BCUT2D eigenvalue weighted by atomic mass is 9.64. The van der Waals surface area contributed by atoms with E-state index < -0.39 is 23.9 Å². The van der Waals surface area contributed by atoms with Gasteiger partial charge in [-0.15, -0.1) is 0 Å². The van der Waals surface area contributed by atoms with Crippen molar-refractivity contribution in [2.75, 3.05) is 53.1 Å². The summed E-state index contributed by atoms with van der Waals surface area (Å²) in [5.41, 5.74) is 6.68. The summed E-state index contributed by atoms with van der Waals surface area (Å²) in [6, 6.07) is 0.0646. The molecule has 7 nitrogen and oxygen atoms in total. The Kier molecular flexibility index (Phi) is 6.54. The fourth-order valence-corrected chi connectivity index (χ4v) is 9.37. The number of hydrogen-bond donors (Lipinski definition) is 2. The molecule has 214 valence electrons. The number of likely N-dealkylation sites (tertiary alicyclic amines) is 2. The van der Waals surface area contributed by atoms with Crippen LogP contribution in [0.25, 0.3) is 0 Å². The number of hydrazine groups is 1. The van der Waals surface area contributed by atoms with Crippen LogP contribution in [0.4, 0.5) is 13.2 Å². The number of nitrogens with one attached hydrogen (secondary N) is 2. The smallest absolute Gasteiger partial charge is 0.380 e. The van der Waals surface area contributed by atoms with Gasteiger partial charge in [-0.25, -0.2) is 10.9 Å². The van der Waals surface area contributed by atoms with Crippen molar-refractivity contribution in [3.05, 3.63) is 0 Å². The van der Waals surface area contributed by atoms with Crippen LogP contribution in [0, 0.1) is 46.8 Å². The molecule has 3 aliphatic carbocycles. The zero-order valence-electron chi connectivity index (χ0n) is 22.6. The molecule has 7 rings (SSSR count). The van der Waals surface area contributed by atoms with Gasteiger partial charge in [-0.1, -0.05) is 6.42 Å². The van der Waals surface area contributed by atoms with Crippen molar-refractivity contribution in [3.8, 4) is 0 Å². The van der Waals surface area contributed by atoms with Crippen molar-refractivity contribution in [1.82, 2.24) is 25.6 Å². The number of amides is 1. The Morgan fingerprint density at radius 1 is 1.05 bits per heavy atom. The van der Waals surface area contributed by atoms with Crippen molar-refractivity contribution in [1.29, 1.82) is 0 Å². The van der Waals surface area contributed by atoms with Crippen LogP contribution in [0.5, 0.6) is 0 Å². The number of fused-ring (bicyclic) bond motifs is 2. The van der Waals surface area contributed by atoms with E-state index in [-0.39, 0.29) is 35.9 Å². The molecule has 0 aromatic rings. The van der Waals surface area contributed by atoms with Crippen LogP contribution in [-0.2, 0) is 9.53 Å². The lowest BCUT2D eigenvalue weighted by Crippen LogP contribution is -2.56. The van der Waals surface area contributed by atoms with Gasteiger partial charge >= 0.3 is 6.18 Å². The van der Waals surface area contributed by atoms with Gasteiger partial charge < -0.3 is 14.5 Å². The van der Waals surface area contributed by atoms with Crippen LogP contribution in [0.1, 0.15) is 51.4 Å². The lowest BCUT2D eigenvalue weighted by Gasteiger charge is -2.52. The minimum absolute atomic E-state index is 0.0178. The standard InChI is InChI=1S/C28H44F3N5O2/c1-34-16-32-33-25(34)9-27(14-38-15-27)20-3-2-4-21(8-20)36-13-23-22(26(36)37)5-17(6-24(23)28(29,30)31)10-35-11-18-7-19(18)12-35/h17-25,32-33H,2-16H2,1H3/t17?,18-,19+,20?,21?,22?,23?,24?,25?. The van der Waals surface area contributed by atoms with Gasteiger partial charge in [0.2, 0.25) is 5.91 Å². The van der Waals surface area contributed by atoms with Gasteiger partial charge in [-0.3, -0.25) is 9.69 Å². The Bertz CT molecular complexity index is 905. The Labute approximate surface area is 224 Å². The number of alkyl halides is 3. The van der Waals surface area contributed by atoms with E-state index in [1.165, 1.54) is 6.42 Å². The van der Waals surface area contributed by atoms with Crippen LogP contribution in [0.2, 0.25) is 0 Å². The Hall–Kier alpha value is -0.940. The van der Waals surface area contributed by atoms with Gasteiger partial charge in [-0.2, -0.15) is 13.2 Å². The summed E-state index contributed by atoms with van der Waals surface area (Å²) in [6.45, 7) is 5.42. The summed E-state index contributed by atoms with van der Waals surface area (Å²) in [4.78, 5) is 20.4. The SMILES string of the molecule is CN1CNNC1CC1(C2CCCC(N3CC4C(CC(CN5C[C@H]6C[C@H]6C5)CC4C(F)(F)F)C3=O)C2)COC1. The van der Waals surface area contributed by atoms with E-state index in [4.69, 9.17) is 4.74 Å². The number of nitrogens with zero attached hydrogens (tertiary/aromatic N) is 3. The number of piperidine rings is 1. The van der Waals surface area contributed by atoms with E-state index in [1.807, 2.05) is 4.90 Å². The average molecular weight is 540 g/mol. The van der Waals surface area contributed by atoms with Gasteiger partial charge in [0.05, 0.1) is 32.0 Å². The summed E-state index contributed by atoms with van der Waals surface area (Å²) in [6.07, 6.45) is 3.10. The quantitative estimate of drug-likeness (QED) is 0.542. The second-order valence-corrected chi connectivity index (χ2v) is 14.0. The summed E-state index contributed by atoms with van der Waals surface area (Å²) in [5, 5.41) is 0. The highest BCUT2D eigenvalue weighted by atomic mass is 19.4. The summed E-state index contributed by atoms with van der Waals surface area (Å²) in [7, 11) is 2.11. The van der Waals surface area contributed by atoms with E-state index in [0.29, 0.717) is 18.9 Å². The average Bonchev–Trinajstić information content (AvgIpc) is 3.13. The van der Waals surface area contributed by atoms with E-state index >= 15 is 0 Å². The summed E-state index contributed by atoms with van der Waals surface area (Å²) >= 11 is 0. The van der Waals surface area contributed by atoms with Gasteiger partial charge in [-0.05, 0) is 81.6 Å². The topological polar surface area (TPSA) is 60.1 Å². The Morgan fingerprint density at radius 3 is 2.50 bits per heavy atom. The van der Waals surface area contributed by atoms with Gasteiger partial charge in [0.1, 0.15) is 0 Å². The second kappa shape index (κ2) is 9.57. The fraction of sp³-hybridized carbons (Fsp3) is 0.964. The maximum Gasteiger partial charge on any atom is 0.392 e. The van der Waals surface area contributed by atoms with Crippen molar-refractivity contribution >= 4 is 5.91 Å². The van der Waals surface area contributed by atoms with Crippen LogP contribution >= 0.6 is 0 Å². The third kappa shape index (κ3) is 4.60. The van der Waals surface area contributed by atoms with E-state index in [2.05, 4.69) is 27.7 Å². The van der Waals surface area contributed by atoms with E-state index in [0.717, 1.165) is 83.5 Å². The highest BCUT2D eigenvalue weighted by molar-refractivity contribution is 5.82. The molecular weight excluding hydrogens is 495 g/mol. The molecule has 9 atom stereocenters. The minimum atomic E-state index is -4.23. The summed E-state index contributed by atoms with van der Waals surface area (Å²) in [5.74, 6) is -0.395. The molecule has 7 fully saturated rings. The molecular formula is C28H44F3N5O2. The number of rotatable bonds is 6. The molecule has 1 amide bonds. The van der Waals surface area contributed by atoms with Gasteiger partial charge in [0, 0.05) is 43.6 Å². The maximum absolute atomic E-state index is 14.4. The zero-order valence-corrected chi connectivity index (χ0v) is 22.6. The molecule has 7 unspecified atom stereocenters. The third-order valence-electron chi connectivity index (χ3n) is 11.7. The molecule has 4 aliphatic heterocycles. The van der Waals surface area contributed by atoms with Crippen LogP contribution in [-0.4, -0.2) is 92.1 Å². The minimum Gasteiger partial charge on any atom is -0.380 e. The lowest BCUT2D eigenvalue weighted by molar-refractivity contribution is -0.204. The first-order valence-electron chi connectivity index (χ1n) is 15.1. The van der Waals surface area contributed by atoms with Crippen LogP contribution in [0.3, 0.4) is 0 Å². The first kappa shape index (κ1) is 26.0. The highest BCUT2D eigenvalue weighted by Gasteiger charge is 2.59. The second-order valence-electron chi connectivity index (χ2n) is 14.0. The normalized spacial score (nSPS) is 45.2. The first-order chi connectivity index (χ1) is 18.2. The first-order valence-corrected chi connectivity index (χ1v) is 15.1. The largest absolute Gasteiger partial charge is 0.392 e.